The van der Waals surface area contributed by atoms with E-state index in [2.05, 4.69) is 41.3 Å². The molecule has 0 amide bonds. The number of aromatic amines is 1. The first kappa shape index (κ1) is 15.4. The lowest BCUT2D eigenvalue weighted by atomic mass is 10.1. The molecule has 1 aliphatic heterocycles. The van der Waals surface area contributed by atoms with Crippen molar-refractivity contribution in [1.82, 2.24) is 14.8 Å². The third-order valence-electron chi connectivity index (χ3n) is 4.36. The van der Waals surface area contributed by atoms with Crippen molar-refractivity contribution >= 4 is 12.2 Å². The van der Waals surface area contributed by atoms with Gasteiger partial charge < -0.3 is 10.0 Å². The molecule has 2 heterocycles. The zero-order chi connectivity index (χ0) is 15.5. The van der Waals surface area contributed by atoms with Crippen LogP contribution in [0.1, 0.15) is 25.3 Å². The van der Waals surface area contributed by atoms with Crippen molar-refractivity contribution in [3.05, 3.63) is 34.6 Å². The summed E-state index contributed by atoms with van der Waals surface area (Å²) in [5, 5.41) is 12.9. The highest BCUT2D eigenvalue weighted by molar-refractivity contribution is 7.71. The van der Waals surface area contributed by atoms with E-state index >= 15 is 0 Å². The quantitative estimate of drug-likeness (QED) is 0.742. The van der Waals surface area contributed by atoms with Gasteiger partial charge in [-0.3, -0.25) is 5.10 Å². The van der Waals surface area contributed by atoms with Crippen molar-refractivity contribution in [3.8, 4) is 11.4 Å². The molecule has 0 aliphatic carbocycles. The molecule has 22 heavy (non-hydrogen) atoms. The second-order valence-electron chi connectivity index (χ2n) is 5.97. The van der Waals surface area contributed by atoms with Crippen molar-refractivity contribution in [2.45, 2.75) is 39.0 Å². The van der Waals surface area contributed by atoms with E-state index in [0.717, 1.165) is 50.4 Å². The normalized spacial score (nSPS) is 21.9. The highest BCUT2D eigenvalue weighted by Gasteiger charge is 2.20. The molecule has 2 aromatic rings. The van der Waals surface area contributed by atoms with Crippen LogP contribution >= 0.6 is 12.2 Å². The van der Waals surface area contributed by atoms with E-state index in [0.29, 0.717) is 4.77 Å². The van der Waals surface area contributed by atoms with Gasteiger partial charge >= 0.3 is 0 Å². The van der Waals surface area contributed by atoms with Gasteiger partial charge in [-0.15, -0.1) is 0 Å². The van der Waals surface area contributed by atoms with Crippen molar-refractivity contribution in [2.75, 3.05) is 13.1 Å². The number of aliphatic hydroxyl groups excluding tert-OH is 1. The standard InChI is InChI=1S/C16H22N4OS/c1-2-12-3-5-13(6-4-12)15-17-16(22)20(18-15)11-19-9-7-14(21)8-10-19/h3-6,14,21H,2,7-11H2,1H3,(H,17,18,22)/p+1. The SMILES string of the molecule is CCc1ccc(-c2nc(=S)n(C[NH+]3CCC(O)CC3)[nH]2)cc1. The van der Waals surface area contributed by atoms with Gasteiger partial charge in [-0.2, -0.15) is 4.98 Å². The molecule has 3 N–H and O–H groups in total. The number of nitrogens with zero attached hydrogens (tertiary/aromatic N) is 2. The Bertz CT molecular complexity index is 668. The summed E-state index contributed by atoms with van der Waals surface area (Å²) in [4.78, 5) is 5.90. The second kappa shape index (κ2) is 6.73. The lowest BCUT2D eigenvalue weighted by Gasteiger charge is -2.26. The number of hydrogen-bond acceptors (Lipinski definition) is 3. The average Bonchev–Trinajstić information content (AvgIpc) is 2.91. The number of aryl methyl sites for hydroxylation is 1. The number of rotatable bonds is 4. The van der Waals surface area contributed by atoms with Crippen LogP contribution in [-0.2, 0) is 13.1 Å². The summed E-state index contributed by atoms with van der Waals surface area (Å²) >= 11 is 5.37. The summed E-state index contributed by atoms with van der Waals surface area (Å²) < 4.78 is 2.53. The predicted molar refractivity (Wildman–Crippen MR) is 88.2 cm³/mol. The summed E-state index contributed by atoms with van der Waals surface area (Å²) in [6.07, 6.45) is 2.63. The van der Waals surface area contributed by atoms with E-state index in [1.54, 1.807) is 0 Å². The van der Waals surface area contributed by atoms with Crippen LogP contribution in [-0.4, -0.2) is 39.1 Å². The fourth-order valence-corrected chi connectivity index (χ4v) is 3.09. The number of aliphatic hydroxyl groups is 1. The molecular formula is C16H23N4OS+. The van der Waals surface area contributed by atoms with Crippen molar-refractivity contribution in [3.63, 3.8) is 0 Å². The number of H-pyrrole nitrogens is 1. The second-order valence-corrected chi connectivity index (χ2v) is 6.34. The van der Waals surface area contributed by atoms with Crippen molar-refractivity contribution < 1.29 is 10.0 Å². The molecule has 0 saturated carbocycles. The van der Waals surface area contributed by atoms with Crippen LogP contribution in [0.4, 0.5) is 0 Å². The molecule has 0 unspecified atom stereocenters. The third-order valence-corrected chi connectivity index (χ3v) is 4.67. The molecule has 118 valence electrons. The predicted octanol–water partition coefficient (Wildman–Crippen LogP) is 1.17. The first-order valence-corrected chi connectivity index (χ1v) is 8.34. The molecule has 1 aromatic heterocycles. The van der Waals surface area contributed by atoms with E-state index < -0.39 is 0 Å². The van der Waals surface area contributed by atoms with E-state index in [1.807, 2.05) is 4.68 Å². The molecule has 1 fully saturated rings. The molecule has 0 atom stereocenters. The molecule has 0 spiro atoms. The maximum Gasteiger partial charge on any atom is 0.221 e. The third kappa shape index (κ3) is 3.45. The minimum absolute atomic E-state index is 0.133. The Morgan fingerprint density at radius 2 is 2.00 bits per heavy atom. The molecule has 1 saturated heterocycles. The fraction of sp³-hybridized carbons (Fsp3) is 0.500. The van der Waals surface area contributed by atoms with Gasteiger partial charge in [0.1, 0.15) is 0 Å². The van der Waals surface area contributed by atoms with E-state index in [9.17, 15) is 5.11 Å². The van der Waals surface area contributed by atoms with Crippen LogP contribution < -0.4 is 4.90 Å². The van der Waals surface area contributed by atoms with Gasteiger partial charge in [0.2, 0.25) is 4.77 Å². The molecule has 1 aliphatic rings. The average molecular weight is 319 g/mol. The van der Waals surface area contributed by atoms with E-state index in [-0.39, 0.29) is 6.10 Å². The van der Waals surface area contributed by atoms with E-state index in [1.165, 1.54) is 10.5 Å². The largest absolute Gasteiger partial charge is 0.393 e. The first-order chi connectivity index (χ1) is 10.7. The van der Waals surface area contributed by atoms with Crippen molar-refractivity contribution in [2.24, 2.45) is 0 Å². The Kier molecular flexibility index (Phi) is 4.71. The number of benzene rings is 1. The smallest absolute Gasteiger partial charge is 0.221 e. The van der Waals surface area contributed by atoms with Gasteiger partial charge in [0, 0.05) is 18.4 Å². The molecule has 5 nitrogen and oxygen atoms in total. The number of quaternary nitrogens is 1. The Morgan fingerprint density at radius 3 is 2.64 bits per heavy atom. The van der Waals surface area contributed by atoms with Crippen LogP contribution in [0.25, 0.3) is 11.4 Å². The van der Waals surface area contributed by atoms with Crippen LogP contribution in [0.2, 0.25) is 0 Å². The zero-order valence-electron chi connectivity index (χ0n) is 12.9. The minimum atomic E-state index is -0.133. The summed E-state index contributed by atoms with van der Waals surface area (Å²) in [7, 11) is 0. The Morgan fingerprint density at radius 1 is 1.32 bits per heavy atom. The summed E-state index contributed by atoms with van der Waals surface area (Å²) in [6, 6.07) is 8.42. The number of piperidine rings is 1. The van der Waals surface area contributed by atoms with Crippen molar-refractivity contribution in [1.29, 1.82) is 0 Å². The minimum Gasteiger partial charge on any atom is -0.393 e. The Hall–Kier alpha value is -1.50. The van der Waals surface area contributed by atoms with Gasteiger partial charge in [-0.1, -0.05) is 31.2 Å². The Balaban J connectivity index is 1.74. The lowest BCUT2D eigenvalue weighted by molar-refractivity contribution is -0.929. The molecular weight excluding hydrogens is 296 g/mol. The lowest BCUT2D eigenvalue weighted by Crippen LogP contribution is -3.12. The van der Waals surface area contributed by atoms with Gasteiger partial charge in [-0.05, 0) is 24.2 Å². The number of nitrogens with one attached hydrogen (secondary N) is 2. The van der Waals surface area contributed by atoms with Crippen LogP contribution in [0.15, 0.2) is 24.3 Å². The molecule has 6 heteroatoms. The number of hydrogen-bond donors (Lipinski definition) is 3. The fourth-order valence-electron chi connectivity index (χ4n) is 2.88. The summed E-state index contributed by atoms with van der Waals surface area (Å²) in [5.74, 6) is 0.823. The molecule has 0 bridgehead atoms. The first-order valence-electron chi connectivity index (χ1n) is 7.93. The zero-order valence-corrected chi connectivity index (χ0v) is 13.7. The maximum atomic E-state index is 9.58. The number of likely N-dealkylation sites (tertiary alicyclic amines) is 1. The highest BCUT2D eigenvalue weighted by atomic mass is 32.1. The van der Waals surface area contributed by atoms with Gasteiger partial charge in [0.15, 0.2) is 12.5 Å². The molecule has 3 rings (SSSR count). The van der Waals surface area contributed by atoms with Crippen LogP contribution in [0.5, 0.6) is 0 Å². The molecule has 0 radical (unpaired) electrons. The van der Waals surface area contributed by atoms with Crippen LogP contribution in [0.3, 0.4) is 0 Å². The van der Waals surface area contributed by atoms with Gasteiger partial charge in [-0.25, -0.2) is 4.68 Å². The highest BCUT2D eigenvalue weighted by Crippen LogP contribution is 2.15. The van der Waals surface area contributed by atoms with Gasteiger partial charge in [0.05, 0.1) is 19.2 Å². The Labute approximate surface area is 135 Å². The van der Waals surface area contributed by atoms with Crippen LogP contribution in [0, 0.1) is 4.77 Å². The topological polar surface area (TPSA) is 58.3 Å². The molecule has 1 aromatic carbocycles. The van der Waals surface area contributed by atoms with Gasteiger partial charge in [0.25, 0.3) is 0 Å². The van der Waals surface area contributed by atoms with E-state index in [4.69, 9.17) is 12.2 Å². The summed E-state index contributed by atoms with van der Waals surface area (Å²) in [5.41, 5.74) is 2.38. The number of aromatic nitrogens is 3. The maximum absolute atomic E-state index is 9.58. The monoisotopic (exact) mass is 319 g/mol. The summed E-state index contributed by atoms with van der Waals surface area (Å²) in [6.45, 7) is 4.88.